The third kappa shape index (κ3) is 6.40. The minimum Gasteiger partial charge on any atom is -0.487 e. The highest BCUT2D eigenvalue weighted by Crippen LogP contribution is 2.35. The van der Waals surface area contributed by atoms with Gasteiger partial charge >= 0.3 is 6.18 Å². The molecule has 1 atom stereocenters. The van der Waals surface area contributed by atoms with Gasteiger partial charge in [-0.2, -0.15) is 13.2 Å². The van der Waals surface area contributed by atoms with Crippen molar-refractivity contribution in [1.29, 1.82) is 0 Å². The van der Waals surface area contributed by atoms with E-state index in [4.69, 9.17) is 9.57 Å². The highest BCUT2D eigenvalue weighted by molar-refractivity contribution is 5.90. The van der Waals surface area contributed by atoms with Crippen LogP contribution in [0.2, 0.25) is 0 Å². The van der Waals surface area contributed by atoms with Gasteiger partial charge in [0, 0.05) is 25.3 Å². The molecule has 178 valence electrons. The minimum absolute atomic E-state index is 0.0133. The number of oxime groups is 1. The standard InChI is InChI=1S/C24H29F3N4O2/c1-5-30(3)16-28-20-9-10-23-18(12-20)11-17(2)31(23)14-21(29-32-4)15-33-22-8-6-7-19(13-22)24(25,26)27/h6-10,12-13,16-17H,5,11,14-15H2,1-4H3/b28-16?,29-21-. The van der Waals surface area contributed by atoms with E-state index in [2.05, 4.69) is 35.0 Å². The Labute approximate surface area is 192 Å². The number of hydrogen-bond acceptors (Lipinski definition) is 5. The number of aliphatic imine (C=N–C) groups is 1. The summed E-state index contributed by atoms with van der Waals surface area (Å²) in [5.74, 6) is 0.128. The number of benzene rings is 2. The van der Waals surface area contributed by atoms with Gasteiger partial charge in [-0.1, -0.05) is 11.2 Å². The van der Waals surface area contributed by atoms with Gasteiger partial charge in [0.15, 0.2) is 0 Å². The van der Waals surface area contributed by atoms with E-state index < -0.39 is 11.7 Å². The van der Waals surface area contributed by atoms with Gasteiger partial charge in [0.1, 0.15) is 25.2 Å². The van der Waals surface area contributed by atoms with E-state index in [1.807, 2.05) is 30.4 Å². The van der Waals surface area contributed by atoms with Crippen molar-refractivity contribution in [2.45, 2.75) is 32.5 Å². The lowest BCUT2D eigenvalue weighted by molar-refractivity contribution is -0.137. The van der Waals surface area contributed by atoms with Gasteiger partial charge < -0.3 is 19.4 Å². The van der Waals surface area contributed by atoms with Crippen molar-refractivity contribution in [2.75, 3.05) is 38.8 Å². The first-order valence-electron chi connectivity index (χ1n) is 10.7. The van der Waals surface area contributed by atoms with E-state index in [-0.39, 0.29) is 18.4 Å². The van der Waals surface area contributed by atoms with Crippen LogP contribution in [0.15, 0.2) is 52.6 Å². The largest absolute Gasteiger partial charge is 0.487 e. The predicted octanol–water partition coefficient (Wildman–Crippen LogP) is 5.15. The maximum absolute atomic E-state index is 13.0. The maximum Gasteiger partial charge on any atom is 0.416 e. The molecule has 2 aromatic carbocycles. The summed E-state index contributed by atoms with van der Waals surface area (Å²) >= 11 is 0. The molecule has 0 saturated carbocycles. The van der Waals surface area contributed by atoms with Crippen molar-refractivity contribution in [3.8, 4) is 5.75 Å². The van der Waals surface area contributed by atoms with E-state index in [1.54, 1.807) is 0 Å². The van der Waals surface area contributed by atoms with Gasteiger partial charge in [-0.25, -0.2) is 4.99 Å². The second-order valence-corrected chi connectivity index (χ2v) is 7.97. The van der Waals surface area contributed by atoms with Crippen LogP contribution in [0, 0.1) is 0 Å². The molecule has 1 aliphatic rings. The molecule has 0 aromatic heterocycles. The molecule has 0 radical (unpaired) electrons. The molecule has 0 bridgehead atoms. The van der Waals surface area contributed by atoms with Crippen molar-refractivity contribution < 1.29 is 22.7 Å². The fraction of sp³-hybridized carbons (Fsp3) is 0.417. The fourth-order valence-electron chi connectivity index (χ4n) is 3.61. The van der Waals surface area contributed by atoms with Gasteiger partial charge in [-0.15, -0.1) is 0 Å². The van der Waals surface area contributed by atoms with Crippen LogP contribution < -0.4 is 9.64 Å². The minimum atomic E-state index is -4.42. The lowest BCUT2D eigenvalue weighted by Crippen LogP contribution is -2.36. The normalized spacial score (nSPS) is 16.3. The van der Waals surface area contributed by atoms with E-state index in [0.717, 1.165) is 36.5 Å². The molecule has 0 saturated heterocycles. The SMILES string of the molecule is CCN(C)C=Nc1ccc2c(c1)CC(C)N2C/C(COc1cccc(C(F)(F)F)c1)=N/OC. The summed E-state index contributed by atoms with van der Waals surface area (Å²) in [6.07, 6.45) is -1.75. The molecule has 0 aliphatic carbocycles. The molecular weight excluding hydrogens is 433 g/mol. The highest BCUT2D eigenvalue weighted by Gasteiger charge is 2.31. The molecule has 0 N–H and O–H groups in total. The van der Waals surface area contributed by atoms with E-state index >= 15 is 0 Å². The maximum atomic E-state index is 13.0. The quantitative estimate of drug-likeness (QED) is 0.294. The Balaban J connectivity index is 1.71. The van der Waals surface area contributed by atoms with Gasteiger partial charge in [0.25, 0.3) is 0 Å². The summed E-state index contributed by atoms with van der Waals surface area (Å²) < 4.78 is 44.5. The number of rotatable bonds is 9. The Morgan fingerprint density at radius 1 is 1.24 bits per heavy atom. The molecule has 0 spiro atoms. The summed E-state index contributed by atoms with van der Waals surface area (Å²) in [7, 11) is 3.40. The Hall–Kier alpha value is -3.23. The van der Waals surface area contributed by atoms with Crippen LogP contribution in [-0.4, -0.2) is 56.8 Å². The van der Waals surface area contributed by atoms with Crippen molar-refractivity contribution in [2.24, 2.45) is 10.1 Å². The Kier molecular flexibility index (Phi) is 7.84. The van der Waals surface area contributed by atoms with Gasteiger partial charge in [-0.3, -0.25) is 0 Å². The number of anilines is 1. The van der Waals surface area contributed by atoms with E-state index in [0.29, 0.717) is 12.3 Å². The summed E-state index contributed by atoms with van der Waals surface area (Å²) in [6, 6.07) is 11.1. The van der Waals surface area contributed by atoms with E-state index in [9.17, 15) is 13.2 Å². The topological polar surface area (TPSA) is 49.7 Å². The smallest absolute Gasteiger partial charge is 0.416 e. The lowest BCUT2D eigenvalue weighted by atomic mass is 10.1. The zero-order valence-corrected chi connectivity index (χ0v) is 19.3. The molecule has 1 heterocycles. The molecule has 0 amide bonds. The Morgan fingerprint density at radius 2 is 2.03 bits per heavy atom. The van der Waals surface area contributed by atoms with Crippen LogP contribution in [0.1, 0.15) is 25.0 Å². The molecule has 1 unspecified atom stereocenters. The molecule has 3 rings (SSSR count). The molecule has 6 nitrogen and oxygen atoms in total. The van der Waals surface area contributed by atoms with Gasteiger partial charge in [-0.05, 0) is 62.2 Å². The molecular formula is C24H29F3N4O2. The molecule has 2 aromatic rings. The van der Waals surface area contributed by atoms with Crippen molar-refractivity contribution >= 4 is 23.4 Å². The van der Waals surface area contributed by atoms with Gasteiger partial charge in [0.05, 0.1) is 24.1 Å². The second kappa shape index (κ2) is 10.6. The fourth-order valence-corrected chi connectivity index (χ4v) is 3.61. The van der Waals surface area contributed by atoms with Crippen molar-refractivity contribution in [3.63, 3.8) is 0 Å². The molecule has 1 aliphatic heterocycles. The first-order valence-corrected chi connectivity index (χ1v) is 10.7. The van der Waals surface area contributed by atoms with Crippen molar-refractivity contribution in [3.05, 3.63) is 53.6 Å². The Morgan fingerprint density at radius 3 is 2.73 bits per heavy atom. The summed E-state index contributed by atoms with van der Waals surface area (Å²) in [5, 5.41) is 4.06. The third-order valence-corrected chi connectivity index (χ3v) is 5.46. The number of alkyl halides is 3. The summed E-state index contributed by atoms with van der Waals surface area (Å²) in [6.45, 7) is 5.50. The average Bonchev–Trinajstić information content (AvgIpc) is 3.09. The van der Waals surface area contributed by atoms with Crippen molar-refractivity contribution in [1.82, 2.24) is 4.90 Å². The average molecular weight is 463 g/mol. The third-order valence-electron chi connectivity index (χ3n) is 5.46. The van der Waals surface area contributed by atoms with Crippen LogP contribution in [0.5, 0.6) is 5.75 Å². The first kappa shape index (κ1) is 24.4. The second-order valence-electron chi connectivity index (χ2n) is 7.97. The zero-order chi connectivity index (χ0) is 24.0. The molecule has 9 heteroatoms. The van der Waals surface area contributed by atoms with Crippen LogP contribution in [-0.2, 0) is 17.4 Å². The van der Waals surface area contributed by atoms with E-state index in [1.165, 1.54) is 24.8 Å². The number of hydrogen-bond donors (Lipinski definition) is 0. The summed E-state index contributed by atoms with van der Waals surface area (Å²) in [5.41, 5.74) is 2.97. The number of halogens is 3. The highest BCUT2D eigenvalue weighted by atomic mass is 19.4. The van der Waals surface area contributed by atoms with Gasteiger partial charge in [0.2, 0.25) is 0 Å². The summed E-state index contributed by atoms with van der Waals surface area (Å²) in [4.78, 5) is 13.7. The zero-order valence-electron chi connectivity index (χ0n) is 19.3. The number of ether oxygens (including phenoxy) is 1. The first-order chi connectivity index (χ1) is 15.7. The van der Waals surface area contributed by atoms with Crippen LogP contribution >= 0.6 is 0 Å². The molecule has 0 fully saturated rings. The lowest BCUT2D eigenvalue weighted by Gasteiger charge is -2.25. The van der Waals surface area contributed by atoms with Crippen LogP contribution in [0.3, 0.4) is 0 Å². The van der Waals surface area contributed by atoms with Crippen LogP contribution in [0.25, 0.3) is 0 Å². The predicted molar refractivity (Wildman–Crippen MR) is 125 cm³/mol. The molecule has 33 heavy (non-hydrogen) atoms. The number of nitrogens with zero attached hydrogens (tertiary/aromatic N) is 4. The number of fused-ring (bicyclic) bond motifs is 1. The van der Waals surface area contributed by atoms with Crippen LogP contribution in [0.4, 0.5) is 24.5 Å². The monoisotopic (exact) mass is 462 g/mol. The Bertz CT molecular complexity index is 1010.